The van der Waals surface area contributed by atoms with Crippen molar-refractivity contribution in [3.8, 4) is 0 Å². The molecule has 16 heavy (non-hydrogen) atoms. The topological polar surface area (TPSA) is 18.5 Å². The molecule has 1 aliphatic rings. The van der Waals surface area contributed by atoms with Gasteiger partial charge in [-0.2, -0.15) is 0 Å². The number of hydrogen-bond donors (Lipinski definition) is 1. The quantitative estimate of drug-likeness (QED) is 0.786. The minimum atomic E-state index is 0.323. The van der Waals surface area contributed by atoms with E-state index in [9.17, 15) is 0 Å². The van der Waals surface area contributed by atoms with E-state index in [1.54, 1.807) is 0 Å². The van der Waals surface area contributed by atoms with E-state index in [1.807, 2.05) is 7.05 Å². The van der Waals surface area contributed by atoms with Gasteiger partial charge < -0.3 is 5.32 Å². The number of piperazine rings is 1. The molecule has 0 aliphatic carbocycles. The first-order valence-electron chi connectivity index (χ1n) is 6.52. The molecule has 0 bridgehead atoms. The fourth-order valence-corrected chi connectivity index (χ4v) is 2.36. The van der Waals surface area contributed by atoms with Gasteiger partial charge in [0.15, 0.2) is 0 Å². The van der Waals surface area contributed by atoms with Gasteiger partial charge in [0, 0.05) is 43.8 Å². The zero-order valence-electron chi connectivity index (χ0n) is 11.9. The molecule has 3 nitrogen and oxygen atoms in total. The van der Waals surface area contributed by atoms with Crippen LogP contribution in [0.15, 0.2) is 0 Å². The minimum absolute atomic E-state index is 0.323. The lowest BCUT2D eigenvalue weighted by molar-refractivity contribution is 0.0392. The maximum Gasteiger partial charge on any atom is 0.0219 e. The molecule has 0 aromatic rings. The van der Waals surface area contributed by atoms with E-state index in [4.69, 9.17) is 0 Å². The van der Waals surface area contributed by atoms with Crippen LogP contribution in [0, 0.1) is 0 Å². The van der Waals surface area contributed by atoms with Crippen molar-refractivity contribution < 1.29 is 0 Å². The van der Waals surface area contributed by atoms with Gasteiger partial charge in [-0.15, -0.1) is 0 Å². The van der Waals surface area contributed by atoms with Crippen LogP contribution in [0.3, 0.4) is 0 Å². The molecular formula is C13H29N3. The van der Waals surface area contributed by atoms with Crippen molar-refractivity contribution in [1.82, 2.24) is 15.1 Å². The summed E-state index contributed by atoms with van der Waals surface area (Å²) in [5, 5.41) is 3.35. The van der Waals surface area contributed by atoms with E-state index in [0.29, 0.717) is 17.6 Å². The summed E-state index contributed by atoms with van der Waals surface area (Å²) in [6, 6.07) is 1.20. The second kappa shape index (κ2) is 5.48. The van der Waals surface area contributed by atoms with Crippen LogP contribution in [0.4, 0.5) is 0 Å². The Morgan fingerprint density at radius 1 is 1.00 bits per heavy atom. The first kappa shape index (κ1) is 13.9. The van der Waals surface area contributed by atoms with Gasteiger partial charge in [0.1, 0.15) is 0 Å². The molecule has 0 radical (unpaired) electrons. The maximum atomic E-state index is 3.35. The van der Waals surface area contributed by atoms with Gasteiger partial charge >= 0.3 is 0 Å². The standard InChI is InChI=1S/C13H29N3/c1-11(14-6)12(2)15-7-9-16(10-8-15)13(3,4)5/h11-12,14H,7-10H2,1-6H3. The molecule has 3 heteroatoms. The van der Waals surface area contributed by atoms with E-state index in [-0.39, 0.29) is 0 Å². The van der Waals surface area contributed by atoms with Crippen LogP contribution in [-0.4, -0.2) is 60.6 Å². The van der Waals surface area contributed by atoms with Crippen LogP contribution in [-0.2, 0) is 0 Å². The molecule has 1 fully saturated rings. The van der Waals surface area contributed by atoms with Gasteiger partial charge in [0.05, 0.1) is 0 Å². The van der Waals surface area contributed by atoms with Gasteiger partial charge in [0.2, 0.25) is 0 Å². The molecule has 0 aromatic heterocycles. The van der Waals surface area contributed by atoms with Crippen LogP contribution >= 0.6 is 0 Å². The third-order valence-corrected chi connectivity index (χ3v) is 4.02. The largest absolute Gasteiger partial charge is 0.316 e. The molecule has 0 amide bonds. The molecule has 96 valence electrons. The second-order valence-electron chi connectivity index (χ2n) is 6.01. The number of rotatable bonds is 3. The van der Waals surface area contributed by atoms with Crippen LogP contribution in [0.2, 0.25) is 0 Å². The van der Waals surface area contributed by atoms with Gasteiger partial charge in [0.25, 0.3) is 0 Å². The average Bonchev–Trinajstić information content (AvgIpc) is 2.26. The number of likely N-dealkylation sites (N-methyl/N-ethyl adjacent to an activating group) is 1. The first-order valence-corrected chi connectivity index (χ1v) is 6.52. The van der Waals surface area contributed by atoms with Gasteiger partial charge in [-0.25, -0.2) is 0 Å². The molecule has 0 spiro atoms. The molecule has 2 atom stereocenters. The van der Waals surface area contributed by atoms with Crippen LogP contribution < -0.4 is 5.32 Å². The average molecular weight is 227 g/mol. The molecule has 1 heterocycles. The summed E-state index contributed by atoms with van der Waals surface area (Å²) in [7, 11) is 2.05. The molecule has 2 unspecified atom stereocenters. The SMILES string of the molecule is CNC(C)C(C)N1CCN(C(C)(C)C)CC1. The number of nitrogens with one attached hydrogen (secondary N) is 1. The summed E-state index contributed by atoms with van der Waals surface area (Å²) in [4.78, 5) is 5.18. The van der Waals surface area contributed by atoms with Gasteiger partial charge in [-0.05, 0) is 41.7 Å². The molecule has 1 rings (SSSR count). The smallest absolute Gasteiger partial charge is 0.0219 e. The maximum absolute atomic E-state index is 3.35. The Labute approximate surface area is 101 Å². The Hall–Kier alpha value is -0.120. The second-order valence-corrected chi connectivity index (χ2v) is 6.01. The monoisotopic (exact) mass is 227 g/mol. The zero-order valence-corrected chi connectivity index (χ0v) is 11.9. The van der Waals surface area contributed by atoms with E-state index < -0.39 is 0 Å². The van der Waals surface area contributed by atoms with Crippen molar-refractivity contribution in [2.75, 3.05) is 33.2 Å². The highest BCUT2D eigenvalue weighted by molar-refractivity contribution is 4.86. The fraction of sp³-hybridized carbons (Fsp3) is 1.00. The first-order chi connectivity index (χ1) is 7.36. The minimum Gasteiger partial charge on any atom is -0.316 e. The van der Waals surface area contributed by atoms with E-state index in [0.717, 1.165) is 0 Å². The molecule has 1 saturated heterocycles. The molecule has 0 aromatic carbocycles. The summed E-state index contributed by atoms with van der Waals surface area (Å²) in [5.41, 5.74) is 0.323. The molecular weight excluding hydrogens is 198 g/mol. The van der Waals surface area contributed by atoms with E-state index in [2.05, 4.69) is 49.7 Å². The lowest BCUT2D eigenvalue weighted by Crippen LogP contribution is -2.57. The predicted molar refractivity (Wildman–Crippen MR) is 70.9 cm³/mol. The van der Waals surface area contributed by atoms with Crippen molar-refractivity contribution in [3.63, 3.8) is 0 Å². The van der Waals surface area contributed by atoms with Crippen molar-refractivity contribution in [1.29, 1.82) is 0 Å². The van der Waals surface area contributed by atoms with Crippen LogP contribution in [0.5, 0.6) is 0 Å². The lowest BCUT2D eigenvalue weighted by atomic mass is 10.0. The lowest BCUT2D eigenvalue weighted by Gasteiger charge is -2.45. The Morgan fingerprint density at radius 2 is 1.50 bits per heavy atom. The molecule has 1 aliphatic heterocycles. The summed E-state index contributed by atoms with van der Waals surface area (Å²) in [5.74, 6) is 0. The highest BCUT2D eigenvalue weighted by Crippen LogP contribution is 2.17. The third-order valence-electron chi connectivity index (χ3n) is 4.02. The normalized spacial score (nSPS) is 24.4. The van der Waals surface area contributed by atoms with E-state index in [1.165, 1.54) is 26.2 Å². The van der Waals surface area contributed by atoms with E-state index >= 15 is 0 Å². The summed E-state index contributed by atoms with van der Waals surface area (Å²) >= 11 is 0. The number of nitrogens with zero attached hydrogens (tertiary/aromatic N) is 2. The fourth-order valence-electron chi connectivity index (χ4n) is 2.36. The Morgan fingerprint density at radius 3 is 1.88 bits per heavy atom. The molecule has 1 N–H and O–H groups in total. The Balaban J connectivity index is 2.43. The highest BCUT2D eigenvalue weighted by atomic mass is 15.3. The van der Waals surface area contributed by atoms with Crippen molar-refractivity contribution in [2.24, 2.45) is 0 Å². The van der Waals surface area contributed by atoms with Crippen molar-refractivity contribution in [2.45, 2.75) is 52.2 Å². The van der Waals surface area contributed by atoms with Crippen LogP contribution in [0.1, 0.15) is 34.6 Å². The van der Waals surface area contributed by atoms with Gasteiger partial charge in [-0.1, -0.05) is 0 Å². The number of hydrogen-bond acceptors (Lipinski definition) is 3. The summed E-state index contributed by atoms with van der Waals surface area (Å²) in [6.07, 6.45) is 0. The van der Waals surface area contributed by atoms with Gasteiger partial charge in [-0.3, -0.25) is 9.80 Å². The van der Waals surface area contributed by atoms with Crippen LogP contribution in [0.25, 0.3) is 0 Å². The predicted octanol–water partition coefficient (Wildman–Crippen LogP) is 1.40. The van der Waals surface area contributed by atoms with Crippen molar-refractivity contribution in [3.05, 3.63) is 0 Å². The third kappa shape index (κ3) is 3.44. The Bertz CT molecular complexity index is 202. The highest BCUT2D eigenvalue weighted by Gasteiger charge is 2.28. The zero-order chi connectivity index (χ0) is 12.3. The summed E-state index contributed by atoms with van der Waals surface area (Å²) < 4.78 is 0. The van der Waals surface area contributed by atoms with Crippen molar-refractivity contribution >= 4 is 0 Å². The summed E-state index contributed by atoms with van der Waals surface area (Å²) in [6.45, 7) is 16.3. The Kier molecular flexibility index (Phi) is 4.77. The molecule has 0 saturated carbocycles.